The van der Waals surface area contributed by atoms with Crippen LogP contribution in [0.4, 0.5) is 0 Å². The Morgan fingerprint density at radius 3 is 3.16 bits per heavy atom. The van der Waals surface area contributed by atoms with Gasteiger partial charge in [-0.15, -0.1) is 0 Å². The molecule has 2 fully saturated rings. The number of rotatable bonds is 6. The zero-order valence-corrected chi connectivity index (χ0v) is 12.0. The predicted molar refractivity (Wildman–Crippen MR) is 75.1 cm³/mol. The lowest BCUT2D eigenvalue weighted by Crippen LogP contribution is -2.54. The molecule has 2 aliphatic rings. The van der Waals surface area contributed by atoms with E-state index in [4.69, 9.17) is 4.74 Å². The van der Waals surface area contributed by atoms with Gasteiger partial charge in [-0.25, -0.2) is 0 Å². The van der Waals surface area contributed by atoms with Crippen molar-refractivity contribution in [2.24, 2.45) is 0 Å². The summed E-state index contributed by atoms with van der Waals surface area (Å²) in [6.45, 7) is 6.98. The lowest BCUT2D eigenvalue weighted by molar-refractivity contribution is -0.132. The highest BCUT2D eigenvalue weighted by Crippen LogP contribution is 2.13. The first-order chi connectivity index (χ1) is 9.31. The summed E-state index contributed by atoms with van der Waals surface area (Å²) < 4.78 is 5.44. The van der Waals surface area contributed by atoms with E-state index in [0.717, 1.165) is 26.1 Å². The number of carbonyl (C=O) groups is 1. The first kappa shape index (κ1) is 14.8. The Kier molecular flexibility index (Phi) is 6.07. The molecule has 2 N–H and O–H groups in total. The summed E-state index contributed by atoms with van der Waals surface area (Å²) in [6.07, 6.45) is 5.00. The Morgan fingerprint density at radius 2 is 2.42 bits per heavy atom. The zero-order chi connectivity index (χ0) is 13.5. The van der Waals surface area contributed by atoms with Crippen LogP contribution in [0.3, 0.4) is 0 Å². The molecule has 0 radical (unpaired) electrons. The summed E-state index contributed by atoms with van der Waals surface area (Å²) in [5.74, 6) is 0.112. The number of nitrogens with one attached hydrogen (secondary N) is 2. The molecule has 0 aliphatic carbocycles. The molecular formula is C14H27N3O2. The van der Waals surface area contributed by atoms with E-state index in [0.29, 0.717) is 19.2 Å². The Bertz CT molecular complexity index is 280. The molecule has 5 heteroatoms. The molecule has 0 aromatic rings. The van der Waals surface area contributed by atoms with Crippen molar-refractivity contribution >= 4 is 5.91 Å². The maximum Gasteiger partial charge on any atom is 0.239 e. The van der Waals surface area contributed by atoms with Gasteiger partial charge in [-0.05, 0) is 45.7 Å². The third kappa shape index (κ3) is 4.44. The lowest BCUT2D eigenvalue weighted by Gasteiger charge is -2.34. The molecule has 0 aromatic carbocycles. The molecule has 0 spiro atoms. The van der Waals surface area contributed by atoms with Gasteiger partial charge in [0.1, 0.15) is 6.04 Å². The van der Waals surface area contributed by atoms with Crippen LogP contribution in [0.25, 0.3) is 0 Å². The highest BCUT2D eigenvalue weighted by Gasteiger charge is 2.28. The predicted octanol–water partition coefficient (Wildman–Crippen LogP) is 0.356. The van der Waals surface area contributed by atoms with Gasteiger partial charge in [-0.3, -0.25) is 9.69 Å². The molecule has 0 bridgehead atoms. The van der Waals surface area contributed by atoms with E-state index in [1.807, 2.05) is 6.92 Å². The summed E-state index contributed by atoms with van der Waals surface area (Å²) in [4.78, 5) is 14.3. The molecular weight excluding hydrogens is 242 g/mol. The molecule has 2 atom stereocenters. The van der Waals surface area contributed by atoms with E-state index < -0.39 is 0 Å². The van der Waals surface area contributed by atoms with Crippen LogP contribution >= 0.6 is 0 Å². The normalized spacial score (nSPS) is 28.5. The average Bonchev–Trinajstić information content (AvgIpc) is 2.93. The molecule has 2 saturated heterocycles. The van der Waals surface area contributed by atoms with Gasteiger partial charge in [-0.1, -0.05) is 0 Å². The minimum atomic E-state index is -0.0924. The Labute approximate surface area is 116 Å². The number of ether oxygens (including phenoxy) is 1. The third-order valence-corrected chi connectivity index (χ3v) is 4.05. The fourth-order valence-corrected chi connectivity index (χ4v) is 2.98. The van der Waals surface area contributed by atoms with Gasteiger partial charge in [0, 0.05) is 19.1 Å². The zero-order valence-electron chi connectivity index (χ0n) is 12.0. The fraction of sp³-hybridized carbons (Fsp3) is 0.929. The minimum Gasteiger partial charge on any atom is -0.378 e. The van der Waals surface area contributed by atoms with Gasteiger partial charge >= 0.3 is 0 Å². The van der Waals surface area contributed by atoms with Crippen LogP contribution in [0.2, 0.25) is 0 Å². The van der Waals surface area contributed by atoms with Gasteiger partial charge in [0.05, 0.1) is 13.2 Å². The first-order valence-corrected chi connectivity index (χ1v) is 7.64. The highest BCUT2D eigenvalue weighted by molar-refractivity contribution is 5.81. The van der Waals surface area contributed by atoms with E-state index in [1.165, 1.54) is 25.8 Å². The van der Waals surface area contributed by atoms with E-state index in [9.17, 15) is 4.79 Å². The van der Waals surface area contributed by atoms with Crippen molar-refractivity contribution in [2.45, 2.75) is 44.7 Å². The summed E-state index contributed by atoms with van der Waals surface area (Å²) in [5.41, 5.74) is 0. The van der Waals surface area contributed by atoms with Crippen LogP contribution in [-0.2, 0) is 9.53 Å². The number of carbonyl (C=O) groups excluding carboxylic acids is 1. The van der Waals surface area contributed by atoms with Crippen LogP contribution in [0.15, 0.2) is 0 Å². The number of hydrogen-bond acceptors (Lipinski definition) is 4. The number of hydrogen-bond donors (Lipinski definition) is 2. The highest BCUT2D eigenvalue weighted by atomic mass is 16.5. The molecule has 1 amide bonds. The van der Waals surface area contributed by atoms with Gasteiger partial charge in [0.25, 0.3) is 0 Å². The van der Waals surface area contributed by atoms with Crippen molar-refractivity contribution in [3.8, 4) is 0 Å². The molecule has 110 valence electrons. The smallest absolute Gasteiger partial charge is 0.239 e. The lowest BCUT2D eigenvalue weighted by atomic mass is 10.1. The maximum absolute atomic E-state index is 12.0. The number of amides is 1. The van der Waals surface area contributed by atoms with Crippen molar-refractivity contribution in [2.75, 3.05) is 39.4 Å². The quantitative estimate of drug-likeness (QED) is 0.731. The molecule has 0 saturated carbocycles. The largest absolute Gasteiger partial charge is 0.378 e. The van der Waals surface area contributed by atoms with Crippen molar-refractivity contribution < 1.29 is 9.53 Å². The summed E-state index contributed by atoms with van der Waals surface area (Å²) in [6, 6.07) is 0.606. The summed E-state index contributed by atoms with van der Waals surface area (Å²) in [7, 11) is 0. The Hall–Kier alpha value is -0.650. The number of likely N-dealkylation sites (N-methyl/N-ethyl adjacent to an activating group) is 1. The molecule has 2 rings (SSSR count). The van der Waals surface area contributed by atoms with Crippen molar-refractivity contribution in [1.29, 1.82) is 0 Å². The first-order valence-electron chi connectivity index (χ1n) is 7.64. The van der Waals surface area contributed by atoms with Crippen LogP contribution in [-0.4, -0.2) is 62.3 Å². The van der Waals surface area contributed by atoms with Gasteiger partial charge in [0.15, 0.2) is 0 Å². The standard InChI is InChI=1S/C14H27N3O2/c1-2-15-14(18)13-11-19-10-9-17(13)8-4-6-12-5-3-7-16-12/h12-13,16H,2-11H2,1H3,(H,15,18). The van der Waals surface area contributed by atoms with Crippen LogP contribution in [0.5, 0.6) is 0 Å². The fourth-order valence-electron chi connectivity index (χ4n) is 2.98. The van der Waals surface area contributed by atoms with Gasteiger partial charge in [-0.2, -0.15) is 0 Å². The second-order valence-electron chi connectivity index (χ2n) is 5.46. The SMILES string of the molecule is CCNC(=O)C1COCCN1CCCC1CCCN1. The monoisotopic (exact) mass is 269 g/mol. The van der Waals surface area contributed by atoms with Gasteiger partial charge < -0.3 is 15.4 Å². The van der Waals surface area contributed by atoms with E-state index in [-0.39, 0.29) is 11.9 Å². The van der Waals surface area contributed by atoms with Crippen molar-refractivity contribution in [1.82, 2.24) is 15.5 Å². The molecule has 2 heterocycles. The maximum atomic E-state index is 12.0. The minimum absolute atomic E-state index is 0.0924. The summed E-state index contributed by atoms with van der Waals surface area (Å²) in [5, 5.41) is 6.43. The third-order valence-electron chi connectivity index (χ3n) is 4.05. The molecule has 2 unspecified atom stereocenters. The van der Waals surface area contributed by atoms with Crippen molar-refractivity contribution in [3.63, 3.8) is 0 Å². The van der Waals surface area contributed by atoms with E-state index in [1.54, 1.807) is 0 Å². The topological polar surface area (TPSA) is 53.6 Å². The Balaban J connectivity index is 1.73. The van der Waals surface area contributed by atoms with Crippen LogP contribution in [0, 0.1) is 0 Å². The van der Waals surface area contributed by atoms with E-state index in [2.05, 4.69) is 15.5 Å². The average molecular weight is 269 g/mol. The molecule has 0 aromatic heterocycles. The van der Waals surface area contributed by atoms with Gasteiger partial charge in [0.2, 0.25) is 5.91 Å². The molecule has 19 heavy (non-hydrogen) atoms. The van der Waals surface area contributed by atoms with E-state index >= 15 is 0 Å². The number of nitrogens with zero attached hydrogens (tertiary/aromatic N) is 1. The second kappa shape index (κ2) is 7.82. The summed E-state index contributed by atoms with van der Waals surface area (Å²) >= 11 is 0. The number of morpholine rings is 1. The Morgan fingerprint density at radius 1 is 1.53 bits per heavy atom. The van der Waals surface area contributed by atoms with Crippen molar-refractivity contribution in [3.05, 3.63) is 0 Å². The molecule has 5 nitrogen and oxygen atoms in total. The molecule has 2 aliphatic heterocycles. The van der Waals surface area contributed by atoms with Crippen LogP contribution < -0.4 is 10.6 Å². The van der Waals surface area contributed by atoms with Crippen LogP contribution in [0.1, 0.15) is 32.6 Å². The second-order valence-corrected chi connectivity index (χ2v) is 5.46.